The van der Waals surface area contributed by atoms with Crippen molar-refractivity contribution in [3.63, 3.8) is 0 Å². The summed E-state index contributed by atoms with van der Waals surface area (Å²) in [6.45, 7) is 2.74. The lowest BCUT2D eigenvalue weighted by Gasteiger charge is -2.46. The SMILES string of the molecule is CC/C=C\C/C=C\C/C=C\C/C=C\C/C=C\C/C=C\CCCCCCCCCCCCCCCCCCC(=O)NC(COC1OC(CO)C(OC2OC(CO)C(O)C(O)C2O)C(O)C1O)C(O)/C=C/CCCCCCCCCCCCCCCCCCCCCCCCCCCCCCCC. The van der Waals surface area contributed by atoms with Crippen LogP contribution in [-0.4, -0.2) is 140 Å². The van der Waals surface area contributed by atoms with Gasteiger partial charge in [-0.3, -0.25) is 4.79 Å². The Labute approximate surface area is 618 Å². The average molecular weight is 1430 g/mol. The molecule has 2 aliphatic heterocycles. The van der Waals surface area contributed by atoms with E-state index in [1.807, 2.05) is 6.08 Å². The van der Waals surface area contributed by atoms with Gasteiger partial charge in [-0.2, -0.15) is 0 Å². The van der Waals surface area contributed by atoms with Gasteiger partial charge in [0.2, 0.25) is 5.91 Å². The van der Waals surface area contributed by atoms with E-state index in [9.17, 15) is 45.6 Å². The molecule has 0 spiro atoms. The Bertz CT molecular complexity index is 2020. The first-order valence-electron chi connectivity index (χ1n) is 42.3. The third kappa shape index (κ3) is 52.7. The van der Waals surface area contributed by atoms with E-state index in [2.05, 4.69) is 92.1 Å². The molecule has 0 aromatic heterocycles. The Morgan fingerprint density at radius 2 is 0.683 bits per heavy atom. The highest BCUT2D eigenvalue weighted by atomic mass is 16.7. The molecule has 0 radical (unpaired) electrons. The Balaban J connectivity index is 1.60. The third-order valence-corrected chi connectivity index (χ3v) is 20.3. The molecule has 588 valence electrons. The van der Waals surface area contributed by atoms with Gasteiger partial charge in [0.05, 0.1) is 32.0 Å². The summed E-state index contributed by atoms with van der Waals surface area (Å²) in [5.74, 6) is -0.236. The number of amides is 1. The van der Waals surface area contributed by atoms with Crippen LogP contribution in [0.2, 0.25) is 0 Å². The molecule has 2 saturated heterocycles. The molecule has 0 aliphatic carbocycles. The van der Waals surface area contributed by atoms with Crippen LogP contribution >= 0.6 is 0 Å². The van der Waals surface area contributed by atoms with Crippen molar-refractivity contribution in [1.29, 1.82) is 0 Å². The van der Waals surface area contributed by atoms with Crippen LogP contribution in [0.1, 0.15) is 367 Å². The maximum absolute atomic E-state index is 13.4. The predicted octanol–water partition coefficient (Wildman–Crippen LogP) is 19.9. The number of ether oxygens (including phenoxy) is 4. The minimum Gasteiger partial charge on any atom is -0.394 e. The second-order valence-electron chi connectivity index (χ2n) is 29.6. The van der Waals surface area contributed by atoms with Gasteiger partial charge in [0, 0.05) is 6.42 Å². The summed E-state index contributed by atoms with van der Waals surface area (Å²) < 4.78 is 22.9. The quantitative estimate of drug-likeness (QED) is 0.0204. The third-order valence-electron chi connectivity index (χ3n) is 20.3. The number of hydrogen-bond acceptors (Lipinski definition) is 13. The molecular formula is C87H157NO13. The number of carbonyl (C=O) groups is 1. The summed E-state index contributed by atoms with van der Waals surface area (Å²) in [4.78, 5) is 13.4. The molecule has 2 fully saturated rings. The van der Waals surface area contributed by atoms with Gasteiger partial charge in [-0.15, -0.1) is 0 Å². The van der Waals surface area contributed by atoms with E-state index in [1.165, 1.54) is 263 Å². The van der Waals surface area contributed by atoms with Crippen LogP contribution in [0.4, 0.5) is 0 Å². The van der Waals surface area contributed by atoms with Crippen molar-refractivity contribution in [2.45, 2.75) is 441 Å². The first-order chi connectivity index (χ1) is 49.6. The summed E-state index contributed by atoms with van der Waals surface area (Å²) in [5, 5.41) is 87.8. The van der Waals surface area contributed by atoms with E-state index in [0.29, 0.717) is 6.42 Å². The van der Waals surface area contributed by atoms with E-state index < -0.39 is 86.8 Å². The van der Waals surface area contributed by atoms with Crippen LogP contribution in [0, 0.1) is 0 Å². The van der Waals surface area contributed by atoms with Crippen LogP contribution in [0.5, 0.6) is 0 Å². The van der Waals surface area contributed by atoms with E-state index in [-0.39, 0.29) is 18.9 Å². The molecule has 2 aliphatic rings. The topological polar surface area (TPSA) is 228 Å². The Morgan fingerprint density at radius 3 is 1.05 bits per heavy atom. The van der Waals surface area contributed by atoms with Gasteiger partial charge < -0.3 is 65.1 Å². The lowest BCUT2D eigenvalue weighted by atomic mass is 9.97. The molecule has 1 amide bonds. The first-order valence-corrected chi connectivity index (χ1v) is 42.3. The van der Waals surface area contributed by atoms with Crippen molar-refractivity contribution in [3.05, 3.63) is 85.1 Å². The fourth-order valence-corrected chi connectivity index (χ4v) is 13.7. The second kappa shape index (κ2) is 70.2. The normalized spacial score (nSPS) is 22.2. The van der Waals surface area contributed by atoms with Gasteiger partial charge in [-0.1, -0.05) is 375 Å². The Morgan fingerprint density at radius 1 is 0.366 bits per heavy atom. The molecule has 0 aromatic rings. The van der Waals surface area contributed by atoms with Crippen LogP contribution in [-0.2, 0) is 23.7 Å². The zero-order valence-electron chi connectivity index (χ0n) is 64.6. The molecule has 0 aromatic carbocycles. The Kier molecular flexibility index (Phi) is 65.5. The number of carbonyl (C=O) groups excluding carboxylic acids is 1. The smallest absolute Gasteiger partial charge is 0.220 e. The summed E-state index contributed by atoms with van der Waals surface area (Å²) in [7, 11) is 0. The highest BCUT2D eigenvalue weighted by Crippen LogP contribution is 2.30. The lowest BCUT2D eigenvalue weighted by molar-refractivity contribution is -0.359. The summed E-state index contributed by atoms with van der Waals surface area (Å²) in [6.07, 6.45) is 82.4. The van der Waals surface area contributed by atoms with Crippen LogP contribution in [0.25, 0.3) is 0 Å². The van der Waals surface area contributed by atoms with E-state index in [4.69, 9.17) is 18.9 Å². The van der Waals surface area contributed by atoms with Gasteiger partial charge in [0.15, 0.2) is 12.6 Å². The number of aliphatic hydroxyl groups excluding tert-OH is 8. The Hall–Kier alpha value is -2.83. The van der Waals surface area contributed by atoms with E-state index in [0.717, 1.165) is 77.0 Å². The van der Waals surface area contributed by atoms with Gasteiger partial charge in [0.1, 0.15) is 48.8 Å². The fourth-order valence-electron chi connectivity index (χ4n) is 13.7. The van der Waals surface area contributed by atoms with E-state index >= 15 is 0 Å². The van der Waals surface area contributed by atoms with E-state index in [1.54, 1.807) is 6.08 Å². The van der Waals surface area contributed by atoms with Crippen LogP contribution < -0.4 is 5.32 Å². The number of nitrogens with one attached hydrogen (secondary N) is 1. The molecular weight excluding hydrogens is 1270 g/mol. The first kappa shape index (κ1) is 94.3. The number of hydrogen-bond donors (Lipinski definition) is 9. The molecule has 12 atom stereocenters. The molecule has 2 heterocycles. The highest BCUT2D eigenvalue weighted by Gasteiger charge is 2.51. The van der Waals surface area contributed by atoms with Gasteiger partial charge in [-0.05, 0) is 70.6 Å². The minimum absolute atomic E-state index is 0.236. The summed E-state index contributed by atoms with van der Waals surface area (Å²) in [6, 6.07) is -0.920. The maximum atomic E-state index is 13.4. The molecule has 14 heteroatoms. The molecule has 14 nitrogen and oxygen atoms in total. The minimum atomic E-state index is -1.79. The van der Waals surface area contributed by atoms with Crippen molar-refractivity contribution in [3.8, 4) is 0 Å². The van der Waals surface area contributed by atoms with Crippen LogP contribution in [0.15, 0.2) is 85.1 Å². The predicted molar refractivity (Wildman–Crippen MR) is 420 cm³/mol. The number of rotatable bonds is 71. The molecule has 101 heavy (non-hydrogen) atoms. The van der Waals surface area contributed by atoms with Crippen LogP contribution in [0.3, 0.4) is 0 Å². The second-order valence-corrected chi connectivity index (χ2v) is 29.6. The monoisotopic (exact) mass is 1420 g/mol. The average Bonchev–Trinajstić information content (AvgIpc) is 0.791. The lowest BCUT2D eigenvalue weighted by Crippen LogP contribution is -2.65. The van der Waals surface area contributed by atoms with Gasteiger partial charge in [-0.25, -0.2) is 0 Å². The largest absolute Gasteiger partial charge is 0.394 e. The molecule has 12 unspecified atom stereocenters. The van der Waals surface area contributed by atoms with Crippen molar-refractivity contribution in [1.82, 2.24) is 5.32 Å². The maximum Gasteiger partial charge on any atom is 0.220 e. The molecule has 9 N–H and O–H groups in total. The van der Waals surface area contributed by atoms with Crippen molar-refractivity contribution >= 4 is 5.91 Å². The molecule has 2 rings (SSSR count). The van der Waals surface area contributed by atoms with Gasteiger partial charge >= 0.3 is 0 Å². The highest BCUT2D eigenvalue weighted by molar-refractivity contribution is 5.76. The van der Waals surface area contributed by atoms with Crippen molar-refractivity contribution in [2.75, 3.05) is 19.8 Å². The number of unbranched alkanes of at least 4 members (excludes halogenated alkanes) is 46. The van der Waals surface area contributed by atoms with Crippen molar-refractivity contribution in [2.24, 2.45) is 0 Å². The zero-order valence-corrected chi connectivity index (χ0v) is 64.6. The summed E-state index contributed by atoms with van der Waals surface area (Å²) >= 11 is 0. The number of allylic oxidation sites excluding steroid dienone is 13. The standard InChI is InChI=1S/C87H157NO13/c1-3-5-7-9-11-13-15-17-19-21-23-25-27-29-31-33-35-37-38-39-41-43-45-47-49-51-53-55-57-59-61-63-65-67-69-71-79(92)88-75(74-98-86-84(97)82(95)85(78(73-90)100-86)101-87-83(96)81(94)80(93)77(72-89)99-87)76(91)70-68-66-64-62-60-58-56-54-52-50-48-46-44-42-40-36-34-32-30-28-26-24-22-20-18-16-14-12-10-8-6-4-2/h5,7,11,13,17,19,23,25,29,31,35,37,68,70,75-78,80-87,89-91,93-97H,3-4,6,8-10,12,14-16,18,20-22,24,26-28,30,32-34,36,38-67,69,71-74H2,1-2H3,(H,88,92)/b7-5-,13-11-,19-17-,25-23-,31-29-,37-35-,70-68+. The zero-order chi connectivity index (χ0) is 73.0. The fraction of sp³-hybridized carbons (Fsp3) is 0.828. The molecule has 0 bridgehead atoms. The van der Waals surface area contributed by atoms with Crippen molar-refractivity contribution < 1.29 is 64.6 Å². The number of aliphatic hydroxyl groups is 8. The van der Waals surface area contributed by atoms with Gasteiger partial charge in [0.25, 0.3) is 0 Å². The molecule has 0 saturated carbocycles. The summed E-state index contributed by atoms with van der Waals surface area (Å²) in [5.41, 5.74) is 0.